The minimum absolute atomic E-state index is 0.179. The fraction of sp³-hybridized carbons (Fsp3) is 0.625. The van der Waals surface area contributed by atoms with E-state index in [2.05, 4.69) is 0 Å². The Balaban J connectivity index is 4.50. The van der Waals surface area contributed by atoms with Gasteiger partial charge in [-0.15, -0.1) is 0 Å². The van der Waals surface area contributed by atoms with Crippen molar-refractivity contribution < 1.29 is 18.7 Å². The van der Waals surface area contributed by atoms with Crippen LogP contribution in [-0.4, -0.2) is 17.0 Å². The predicted octanol–water partition coefficient (Wildman–Crippen LogP) is 2.45. The average molecular weight is 178 g/mol. The Kier molecular flexibility index (Phi) is 3.86. The highest BCUT2D eigenvalue weighted by Gasteiger charge is 2.20. The maximum absolute atomic E-state index is 12.3. The van der Waals surface area contributed by atoms with Crippen molar-refractivity contribution in [2.45, 2.75) is 32.6 Å². The highest BCUT2D eigenvalue weighted by Crippen LogP contribution is 2.18. The van der Waals surface area contributed by atoms with Crippen molar-refractivity contribution in [1.29, 1.82) is 0 Å². The van der Waals surface area contributed by atoms with Gasteiger partial charge in [0.05, 0.1) is 0 Å². The Labute approximate surface area is 69.9 Å². The van der Waals surface area contributed by atoms with Gasteiger partial charge < -0.3 is 5.11 Å². The van der Waals surface area contributed by atoms with Gasteiger partial charge in [0.2, 0.25) is 0 Å². The molecule has 12 heavy (non-hydrogen) atoms. The molecule has 0 rings (SSSR count). The first-order valence-electron chi connectivity index (χ1n) is 3.69. The van der Waals surface area contributed by atoms with Crippen LogP contribution in [0.2, 0.25) is 0 Å². The van der Waals surface area contributed by atoms with Crippen LogP contribution < -0.4 is 0 Å². The van der Waals surface area contributed by atoms with E-state index in [1.807, 2.05) is 0 Å². The van der Waals surface area contributed by atoms with Gasteiger partial charge in [-0.05, 0) is 12.5 Å². The second-order valence-corrected chi connectivity index (χ2v) is 2.68. The van der Waals surface area contributed by atoms with E-state index in [1.165, 1.54) is 0 Å². The van der Waals surface area contributed by atoms with E-state index in [0.29, 0.717) is 19.4 Å². The molecule has 0 aromatic carbocycles. The first-order valence-corrected chi connectivity index (χ1v) is 3.69. The molecule has 0 aliphatic heterocycles. The summed E-state index contributed by atoms with van der Waals surface area (Å²) < 4.78 is 24.6. The van der Waals surface area contributed by atoms with Crippen LogP contribution in [0.5, 0.6) is 0 Å². The van der Waals surface area contributed by atoms with Crippen molar-refractivity contribution >= 4 is 5.97 Å². The van der Waals surface area contributed by atoms with E-state index in [1.54, 1.807) is 6.92 Å². The third-order valence-corrected chi connectivity index (χ3v) is 1.22. The third-order valence-electron chi connectivity index (χ3n) is 1.22. The van der Waals surface area contributed by atoms with Crippen molar-refractivity contribution in [1.82, 2.24) is 0 Å². The van der Waals surface area contributed by atoms with Crippen LogP contribution in [0.3, 0.4) is 0 Å². The quantitative estimate of drug-likeness (QED) is 0.671. The molecular weight excluding hydrogens is 166 g/mol. The van der Waals surface area contributed by atoms with E-state index in [-0.39, 0.29) is 12.0 Å². The van der Waals surface area contributed by atoms with Gasteiger partial charge in [-0.3, -0.25) is 0 Å². The number of hydrogen-bond acceptors (Lipinski definition) is 1. The lowest BCUT2D eigenvalue weighted by Crippen LogP contribution is -2.10. The van der Waals surface area contributed by atoms with E-state index >= 15 is 0 Å². The average Bonchev–Trinajstić information content (AvgIpc) is 1.83. The zero-order chi connectivity index (χ0) is 9.78. The van der Waals surface area contributed by atoms with Gasteiger partial charge in [-0.1, -0.05) is 13.3 Å². The van der Waals surface area contributed by atoms with Crippen LogP contribution in [0.15, 0.2) is 11.6 Å². The van der Waals surface area contributed by atoms with E-state index in [0.717, 1.165) is 0 Å². The molecule has 0 radical (unpaired) electrons. The minimum atomic E-state index is -3.04. The molecule has 0 aliphatic rings. The number of carbonyl (C=O) groups is 1. The first-order chi connectivity index (χ1) is 5.37. The topological polar surface area (TPSA) is 37.3 Å². The molecule has 4 heteroatoms. The second kappa shape index (κ2) is 4.18. The number of allylic oxidation sites excluding steroid dienone is 1. The van der Waals surface area contributed by atoms with Gasteiger partial charge in [-0.25, -0.2) is 13.6 Å². The molecule has 1 N–H and O–H groups in total. The lowest BCUT2D eigenvalue weighted by molar-refractivity contribution is -0.133. The van der Waals surface area contributed by atoms with Crippen molar-refractivity contribution in [2.75, 3.05) is 0 Å². The Bertz CT molecular complexity index is 192. The molecule has 2 nitrogen and oxygen atoms in total. The lowest BCUT2D eigenvalue weighted by atomic mass is 10.1. The highest BCUT2D eigenvalue weighted by atomic mass is 19.3. The zero-order valence-corrected chi connectivity index (χ0v) is 7.10. The Morgan fingerprint density at radius 2 is 2.08 bits per heavy atom. The summed E-state index contributed by atoms with van der Waals surface area (Å²) in [6.07, 6.45) is 1.23. The number of hydrogen-bond donors (Lipinski definition) is 1. The van der Waals surface area contributed by atoms with Gasteiger partial charge in [0, 0.05) is 12.5 Å². The van der Waals surface area contributed by atoms with E-state index in [4.69, 9.17) is 5.11 Å². The molecule has 70 valence electrons. The molecule has 0 unspecified atom stereocenters. The second-order valence-electron chi connectivity index (χ2n) is 2.68. The zero-order valence-electron chi connectivity index (χ0n) is 7.10. The normalized spacial score (nSPS) is 13.2. The van der Waals surface area contributed by atoms with Crippen molar-refractivity contribution in [2.24, 2.45) is 0 Å². The van der Waals surface area contributed by atoms with Gasteiger partial charge in [0.25, 0.3) is 5.92 Å². The standard InChI is InChI=1S/C8H12F2O2/c1-3-4-6(7(11)12)5-8(2,9)10/h5H,3-4H2,1-2H3,(H,11,12)/b6-5+. The highest BCUT2D eigenvalue weighted by molar-refractivity contribution is 5.86. The molecule has 0 bridgehead atoms. The third kappa shape index (κ3) is 4.82. The number of aliphatic carboxylic acids is 1. The van der Waals surface area contributed by atoms with E-state index in [9.17, 15) is 13.6 Å². The fourth-order valence-electron chi connectivity index (χ4n) is 0.816. The minimum Gasteiger partial charge on any atom is -0.478 e. The molecule has 0 aromatic rings. The van der Waals surface area contributed by atoms with Crippen LogP contribution in [0, 0.1) is 0 Å². The summed E-state index contributed by atoms with van der Waals surface area (Å²) in [4.78, 5) is 10.4. The van der Waals surface area contributed by atoms with Crippen LogP contribution in [-0.2, 0) is 4.79 Å². The number of alkyl halides is 2. The van der Waals surface area contributed by atoms with Gasteiger partial charge >= 0.3 is 5.97 Å². The molecule has 0 spiro atoms. The molecular formula is C8H12F2O2. The summed E-state index contributed by atoms with van der Waals surface area (Å²) in [7, 11) is 0. The summed E-state index contributed by atoms with van der Waals surface area (Å²) in [6, 6.07) is 0. The number of halogens is 2. The van der Waals surface area contributed by atoms with Crippen molar-refractivity contribution in [3.63, 3.8) is 0 Å². The molecule has 0 aliphatic carbocycles. The molecule has 0 amide bonds. The Morgan fingerprint density at radius 1 is 1.58 bits per heavy atom. The summed E-state index contributed by atoms with van der Waals surface area (Å²) in [6.45, 7) is 2.41. The van der Waals surface area contributed by atoms with Crippen molar-refractivity contribution in [3.05, 3.63) is 11.6 Å². The van der Waals surface area contributed by atoms with Gasteiger partial charge in [0.15, 0.2) is 0 Å². The lowest BCUT2D eigenvalue weighted by Gasteiger charge is -2.05. The Hall–Kier alpha value is -0.930. The van der Waals surface area contributed by atoms with Crippen molar-refractivity contribution in [3.8, 4) is 0 Å². The number of carboxylic acid groups (broad SMARTS) is 1. The summed E-state index contributed by atoms with van der Waals surface area (Å²) in [5.74, 6) is -4.30. The van der Waals surface area contributed by atoms with E-state index < -0.39 is 11.9 Å². The predicted molar refractivity (Wildman–Crippen MR) is 41.2 cm³/mol. The summed E-state index contributed by atoms with van der Waals surface area (Å²) in [5, 5.41) is 8.47. The smallest absolute Gasteiger partial charge is 0.331 e. The maximum Gasteiger partial charge on any atom is 0.331 e. The fourth-order valence-corrected chi connectivity index (χ4v) is 0.816. The Morgan fingerprint density at radius 3 is 2.33 bits per heavy atom. The molecule has 0 saturated carbocycles. The largest absolute Gasteiger partial charge is 0.478 e. The monoisotopic (exact) mass is 178 g/mol. The molecule has 0 saturated heterocycles. The van der Waals surface area contributed by atoms with Crippen LogP contribution in [0.4, 0.5) is 8.78 Å². The SMILES string of the molecule is CCC/C(=C\C(C)(F)F)C(=O)O. The molecule has 0 aromatic heterocycles. The molecule has 0 heterocycles. The molecule has 0 fully saturated rings. The van der Waals surface area contributed by atoms with Crippen LogP contribution >= 0.6 is 0 Å². The molecule has 0 atom stereocenters. The van der Waals surface area contributed by atoms with Gasteiger partial charge in [-0.2, -0.15) is 0 Å². The first kappa shape index (κ1) is 11.1. The van der Waals surface area contributed by atoms with Crippen LogP contribution in [0.25, 0.3) is 0 Å². The summed E-state index contributed by atoms with van der Waals surface area (Å²) >= 11 is 0. The summed E-state index contributed by atoms with van der Waals surface area (Å²) in [5.41, 5.74) is -0.218. The van der Waals surface area contributed by atoms with Gasteiger partial charge in [0.1, 0.15) is 0 Å². The maximum atomic E-state index is 12.3. The van der Waals surface area contributed by atoms with Crippen LogP contribution in [0.1, 0.15) is 26.7 Å². The number of carboxylic acids is 1. The number of rotatable bonds is 4.